The topological polar surface area (TPSA) is 76.5 Å². The highest BCUT2D eigenvalue weighted by Crippen LogP contribution is 2.28. The van der Waals surface area contributed by atoms with E-state index in [1.54, 1.807) is 6.07 Å². The quantitative estimate of drug-likeness (QED) is 0.905. The largest absolute Gasteiger partial charge is 0.378 e. The molecule has 2 aliphatic rings. The number of carbonyl (C=O) groups is 2. The third kappa shape index (κ3) is 2.99. The maximum Gasteiger partial charge on any atom is 0.228 e. The first-order chi connectivity index (χ1) is 10.5. The van der Waals surface area contributed by atoms with Gasteiger partial charge in [-0.25, -0.2) is 0 Å². The lowest BCUT2D eigenvalue weighted by Crippen LogP contribution is -2.37. The summed E-state index contributed by atoms with van der Waals surface area (Å²) in [4.78, 5) is 25.5. The van der Waals surface area contributed by atoms with Crippen LogP contribution in [0.2, 0.25) is 0 Å². The van der Waals surface area contributed by atoms with E-state index in [1.165, 1.54) is 6.92 Å². The summed E-state index contributed by atoms with van der Waals surface area (Å²) in [7, 11) is 0. The van der Waals surface area contributed by atoms with Crippen LogP contribution in [0.1, 0.15) is 32.7 Å². The molecule has 1 N–H and O–H groups in total. The van der Waals surface area contributed by atoms with Crippen LogP contribution >= 0.6 is 0 Å². The predicted octanol–water partition coefficient (Wildman–Crippen LogP) is 1.04. The molecule has 0 saturated carbocycles. The van der Waals surface area contributed by atoms with Gasteiger partial charge in [0.15, 0.2) is 5.82 Å². The van der Waals surface area contributed by atoms with Crippen molar-refractivity contribution in [3.05, 3.63) is 12.3 Å². The average molecular weight is 306 g/mol. The number of nitrogens with one attached hydrogen (secondary N) is 1. The van der Waals surface area contributed by atoms with Crippen molar-refractivity contribution in [2.45, 2.75) is 38.8 Å². The van der Waals surface area contributed by atoms with Gasteiger partial charge in [-0.2, -0.15) is 5.10 Å². The Labute approximate surface area is 129 Å². The van der Waals surface area contributed by atoms with Crippen molar-refractivity contribution in [1.29, 1.82) is 0 Å². The van der Waals surface area contributed by atoms with E-state index in [1.807, 2.05) is 22.7 Å². The molecule has 2 saturated heterocycles. The number of ether oxygens (including phenoxy) is 1. The average Bonchev–Trinajstić information content (AvgIpc) is 3.16. The van der Waals surface area contributed by atoms with Gasteiger partial charge in [0.2, 0.25) is 11.8 Å². The van der Waals surface area contributed by atoms with Crippen LogP contribution in [0.5, 0.6) is 0 Å². The molecule has 2 amide bonds. The first kappa shape index (κ1) is 15.0. The number of carbonyl (C=O) groups excluding carboxylic acids is 2. The number of aromatic nitrogens is 2. The number of hydrogen-bond acceptors (Lipinski definition) is 4. The van der Waals surface area contributed by atoms with E-state index in [4.69, 9.17) is 4.74 Å². The fraction of sp³-hybridized carbons (Fsp3) is 0.667. The lowest BCUT2D eigenvalue weighted by atomic mass is 10.0. The molecule has 3 heterocycles. The summed E-state index contributed by atoms with van der Waals surface area (Å²) >= 11 is 0. The highest BCUT2D eigenvalue weighted by molar-refractivity contribution is 5.87. The molecular weight excluding hydrogens is 284 g/mol. The third-order valence-electron chi connectivity index (χ3n) is 4.46. The molecule has 0 bridgehead atoms. The molecule has 7 nitrogen and oxygen atoms in total. The van der Waals surface area contributed by atoms with Crippen LogP contribution in [-0.2, 0) is 14.3 Å². The van der Waals surface area contributed by atoms with Crippen LogP contribution in [0, 0.1) is 5.92 Å². The van der Waals surface area contributed by atoms with Crippen molar-refractivity contribution in [2.75, 3.05) is 25.0 Å². The zero-order chi connectivity index (χ0) is 15.7. The maximum absolute atomic E-state index is 12.5. The summed E-state index contributed by atoms with van der Waals surface area (Å²) < 4.78 is 7.33. The Hall–Kier alpha value is -1.89. The van der Waals surface area contributed by atoms with E-state index in [9.17, 15) is 9.59 Å². The molecule has 22 heavy (non-hydrogen) atoms. The van der Waals surface area contributed by atoms with Gasteiger partial charge in [0.05, 0.1) is 18.1 Å². The summed E-state index contributed by atoms with van der Waals surface area (Å²) in [6.07, 6.45) is 3.57. The predicted molar refractivity (Wildman–Crippen MR) is 80.3 cm³/mol. The molecule has 2 aliphatic heterocycles. The lowest BCUT2D eigenvalue weighted by Gasteiger charge is -2.22. The zero-order valence-electron chi connectivity index (χ0n) is 13.0. The van der Waals surface area contributed by atoms with Crippen LogP contribution in [-0.4, -0.2) is 52.3 Å². The van der Waals surface area contributed by atoms with Gasteiger partial charge in [0, 0.05) is 38.9 Å². The number of nitrogens with zero attached hydrogens (tertiary/aromatic N) is 3. The first-order valence-corrected chi connectivity index (χ1v) is 7.77. The monoisotopic (exact) mass is 306 g/mol. The summed E-state index contributed by atoms with van der Waals surface area (Å²) in [6, 6.07) is 1.95. The fourth-order valence-electron chi connectivity index (χ4n) is 3.24. The van der Waals surface area contributed by atoms with Gasteiger partial charge >= 0.3 is 0 Å². The Kier molecular flexibility index (Phi) is 4.15. The third-order valence-corrected chi connectivity index (χ3v) is 4.46. The van der Waals surface area contributed by atoms with Gasteiger partial charge < -0.3 is 15.0 Å². The molecule has 3 rings (SSSR count). The SMILES string of the molecule is CC(=O)Nc1ccn([C@@H]2CCN(C(=O)[C@H]3CCO[C@@H]3C)C2)n1. The van der Waals surface area contributed by atoms with Crippen LogP contribution in [0.3, 0.4) is 0 Å². The highest BCUT2D eigenvalue weighted by atomic mass is 16.5. The first-order valence-electron chi connectivity index (χ1n) is 7.77. The van der Waals surface area contributed by atoms with E-state index < -0.39 is 0 Å². The fourth-order valence-corrected chi connectivity index (χ4v) is 3.24. The Morgan fingerprint density at radius 3 is 2.91 bits per heavy atom. The highest BCUT2D eigenvalue weighted by Gasteiger charge is 2.37. The minimum atomic E-state index is -0.135. The summed E-state index contributed by atoms with van der Waals surface area (Å²) in [6.45, 7) is 5.52. The van der Waals surface area contributed by atoms with Gasteiger partial charge in [-0.05, 0) is 19.8 Å². The molecule has 0 aromatic carbocycles. The van der Waals surface area contributed by atoms with Gasteiger partial charge in [-0.15, -0.1) is 0 Å². The minimum absolute atomic E-state index is 0.00804. The van der Waals surface area contributed by atoms with Crippen molar-refractivity contribution in [3.8, 4) is 0 Å². The van der Waals surface area contributed by atoms with Crippen LogP contribution in [0.4, 0.5) is 5.82 Å². The minimum Gasteiger partial charge on any atom is -0.378 e. The number of likely N-dealkylation sites (tertiary alicyclic amines) is 1. The number of rotatable bonds is 3. The molecule has 1 aromatic rings. The smallest absolute Gasteiger partial charge is 0.228 e. The summed E-state index contributed by atoms with van der Waals surface area (Å²) in [5.41, 5.74) is 0. The van der Waals surface area contributed by atoms with Gasteiger partial charge in [0.1, 0.15) is 0 Å². The molecule has 1 aromatic heterocycles. The van der Waals surface area contributed by atoms with E-state index in [2.05, 4.69) is 10.4 Å². The molecule has 0 radical (unpaired) electrons. The summed E-state index contributed by atoms with van der Waals surface area (Å²) in [5, 5.41) is 7.03. The Morgan fingerprint density at radius 2 is 2.23 bits per heavy atom. The Balaban J connectivity index is 1.61. The van der Waals surface area contributed by atoms with E-state index >= 15 is 0 Å². The molecule has 120 valence electrons. The lowest BCUT2D eigenvalue weighted by molar-refractivity contribution is -0.136. The van der Waals surface area contributed by atoms with E-state index in [0.29, 0.717) is 19.0 Å². The van der Waals surface area contributed by atoms with Crippen molar-refractivity contribution >= 4 is 17.6 Å². The van der Waals surface area contributed by atoms with Gasteiger partial charge in [-0.3, -0.25) is 14.3 Å². The van der Waals surface area contributed by atoms with Crippen molar-refractivity contribution in [2.24, 2.45) is 5.92 Å². The molecular formula is C15H22N4O3. The number of hydrogen-bond donors (Lipinski definition) is 1. The molecule has 0 spiro atoms. The molecule has 2 fully saturated rings. The Bertz CT molecular complexity index is 571. The normalized spacial score (nSPS) is 28.1. The molecule has 0 aliphatic carbocycles. The van der Waals surface area contributed by atoms with Crippen molar-refractivity contribution in [1.82, 2.24) is 14.7 Å². The molecule has 3 atom stereocenters. The second-order valence-electron chi connectivity index (χ2n) is 6.06. The van der Waals surface area contributed by atoms with E-state index in [0.717, 1.165) is 19.4 Å². The van der Waals surface area contributed by atoms with Crippen LogP contribution in [0.25, 0.3) is 0 Å². The number of amides is 2. The zero-order valence-corrected chi connectivity index (χ0v) is 13.0. The van der Waals surface area contributed by atoms with Gasteiger partial charge in [-0.1, -0.05) is 0 Å². The summed E-state index contributed by atoms with van der Waals surface area (Å²) in [5.74, 6) is 0.604. The molecule has 0 unspecified atom stereocenters. The van der Waals surface area contributed by atoms with Crippen molar-refractivity contribution in [3.63, 3.8) is 0 Å². The van der Waals surface area contributed by atoms with Crippen LogP contribution < -0.4 is 5.32 Å². The van der Waals surface area contributed by atoms with Crippen LogP contribution in [0.15, 0.2) is 12.3 Å². The second kappa shape index (κ2) is 6.08. The van der Waals surface area contributed by atoms with Gasteiger partial charge in [0.25, 0.3) is 0 Å². The van der Waals surface area contributed by atoms with Crippen molar-refractivity contribution < 1.29 is 14.3 Å². The standard InChI is InChI=1S/C15H22N4O3/c1-10-13(5-8-22-10)15(21)18-6-3-12(9-18)19-7-4-14(17-19)16-11(2)20/h4,7,10,12-13H,3,5-6,8-9H2,1-2H3,(H,16,17,20)/t10-,12-,13+/m1/s1. The maximum atomic E-state index is 12.5. The van der Waals surface area contributed by atoms with E-state index in [-0.39, 0.29) is 29.9 Å². The number of anilines is 1. The second-order valence-corrected chi connectivity index (χ2v) is 6.06. The molecule has 7 heteroatoms. The Morgan fingerprint density at radius 1 is 1.41 bits per heavy atom.